The van der Waals surface area contributed by atoms with Gasteiger partial charge in [0.1, 0.15) is 0 Å². The second-order valence-electron chi connectivity index (χ2n) is 9.27. The number of hydrogen-bond donors (Lipinski definition) is 1. The van der Waals surface area contributed by atoms with E-state index in [9.17, 15) is 4.79 Å². The standard InChI is InChI=1S/C22H26N2OS/c1-21(7-8-21)16-4-2-3-15-13-17(26-18(15)16)20(25)23-19-14-5-11-24(12-6-14)22(19)9-10-22/h2-4,13-14,19H,5-12H2,1H3,(H,23,25)/t19-/m1/s1. The maximum Gasteiger partial charge on any atom is 0.261 e. The van der Waals surface area contributed by atoms with E-state index in [1.807, 2.05) is 0 Å². The molecule has 1 N–H and O–H groups in total. The summed E-state index contributed by atoms with van der Waals surface area (Å²) in [5, 5.41) is 4.72. The number of benzene rings is 1. The molecular formula is C22H26N2OS. The molecule has 5 fully saturated rings. The predicted molar refractivity (Wildman–Crippen MR) is 106 cm³/mol. The Bertz CT molecular complexity index is 900. The average molecular weight is 367 g/mol. The number of nitrogens with one attached hydrogen (secondary N) is 1. The highest BCUT2D eigenvalue weighted by molar-refractivity contribution is 7.21. The summed E-state index contributed by atoms with van der Waals surface area (Å²) in [6.07, 6.45) is 7.58. The SMILES string of the molecule is CC1(c2cccc3cc(C(=O)N[C@@H]4C5CCN(CC5)C45CC5)sc23)CC1. The number of carbonyl (C=O) groups is 1. The number of fused-ring (bicyclic) bond motifs is 3. The Morgan fingerprint density at radius 2 is 1.96 bits per heavy atom. The van der Waals surface area contributed by atoms with Crippen molar-refractivity contribution in [2.75, 3.05) is 13.1 Å². The Morgan fingerprint density at radius 1 is 1.19 bits per heavy atom. The van der Waals surface area contributed by atoms with Gasteiger partial charge in [0.25, 0.3) is 5.91 Å². The van der Waals surface area contributed by atoms with Crippen LogP contribution in [0, 0.1) is 5.92 Å². The smallest absolute Gasteiger partial charge is 0.261 e. The van der Waals surface area contributed by atoms with Crippen molar-refractivity contribution in [2.24, 2.45) is 5.92 Å². The van der Waals surface area contributed by atoms with Gasteiger partial charge in [-0.15, -0.1) is 11.3 Å². The fourth-order valence-electron chi connectivity index (χ4n) is 5.64. The lowest BCUT2D eigenvalue weighted by atomic mass is 9.77. The van der Waals surface area contributed by atoms with E-state index in [-0.39, 0.29) is 5.91 Å². The summed E-state index contributed by atoms with van der Waals surface area (Å²) in [4.78, 5) is 16.7. The second kappa shape index (κ2) is 5.11. The number of nitrogens with zero attached hydrogens (tertiary/aromatic N) is 1. The van der Waals surface area contributed by atoms with Crippen LogP contribution in [0.3, 0.4) is 0 Å². The van der Waals surface area contributed by atoms with Crippen LogP contribution < -0.4 is 5.32 Å². The minimum absolute atomic E-state index is 0.156. The predicted octanol–water partition coefficient (Wildman–Crippen LogP) is 4.31. The number of thiophene rings is 1. The highest BCUT2D eigenvalue weighted by Crippen LogP contribution is 2.54. The monoisotopic (exact) mass is 366 g/mol. The molecule has 1 aromatic heterocycles. The third kappa shape index (κ3) is 2.12. The topological polar surface area (TPSA) is 32.3 Å². The normalized spacial score (nSPS) is 32.7. The van der Waals surface area contributed by atoms with Gasteiger partial charge in [-0.3, -0.25) is 9.69 Å². The molecule has 1 amide bonds. The van der Waals surface area contributed by atoms with Crippen LogP contribution in [-0.4, -0.2) is 35.5 Å². The van der Waals surface area contributed by atoms with Crippen LogP contribution in [0.2, 0.25) is 0 Å². The lowest BCUT2D eigenvalue weighted by molar-refractivity contribution is -0.00138. The van der Waals surface area contributed by atoms with Crippen LogP contribution in [0.1, 0.15) is 60.7 Å². The number of carbonyl (C=O) groups excluding carboxylic acids is 1. The van der Waals surface area contributed by atoms with Crippen LogP contribution in [-0.2, 0) is 5.41 Å². The molecule has 26 heavy (non-hydrogen) atoms. The van der Waals surface area contributed by atoms with Crippen molar-refractivity contribution in [2.45, 2.75) is 62.4 Å². The molecule has 4 heterocycles. The average Bonchev–Trinajstić information content (AvgIpc) is 3.56. The summed E-state index contributed by atoms with van der Waals surface area (Å²) in [6, 6.07) is 9.06. The molecule has 1 spiro atoms. The Morgan fingerprint density at radius 3 is 2.65 bits per heavy atom. The number of piperidine rings is 3. The molecule has 0 radical (unpaired) electrons. The van der Waals surface area contributed by atoms with Gasteiger partial charge in [-0.05, 0) is 80.0 Å². The van der Waals surface area contributed by atoms with Gasteiger partial charge in [-0.1, -0.05) is 25.1 Å². The fourth-order valence-corrected chi connectivity index (χ4v) is 6.87. The Kier molecular flexibility index (Phi) is 3.07. The molecule has 2 aromatic rings. The van der Waals surface area contributed by atoms with Gasteiger partial charge >= 0.3 is 0 Å². The molecule has 3 nitrogen and oxygen atoms in total. The molecule has 136 valence electrons. The number of hydrogen-bond acceptors (Lipinski definition) is 3. The maximum atomic E-state index is 13.1. The first kappa shape index (κ1) is 15.6. The van der Waals surface area contributed by atoms with Gasteiger partial charge < -0.3 is 5.32 Å². The van der Waals surface area contributed by atoms with Gasteiger partial charge in [-0.2, -0.15) is 0 Å². The minimum Gasteiger partial charge on any atom is -0.346 e. The van der Waals surface area contributed by atoms with E-state index >= 15 is 0 Å². The van der Waals surface area contributed by atoms with Gasteiger partial charge in [0.05, 0.1) is 10.9 Å². The zero-order chi connectivity index (χ0) is 17.5. The molecule has 7 rings (SSSR count). The summed E-state index contributed by atoms with van der Waals surface area (Å²) >= 11 is 1.70. The molecule has 3 saturated heterocycles. The van der Waals surface area contributed by atoms with E-state index in [0.29, 0.717) is 22.9 Å². The van der Waals surface area contributed by atoms with Gasteiger partial charge in [0.2, 0.25) is 0 Å². The third-order valence-corrected chi connectivity index (χ3v) is 8.87. The van der Waals surface area contributed by atoms with Crippen molar-refractivity contribution in [1.29, 1.82) is 0 Å². The molecule has 5 aliphatic rings. The molecular weight excluding hydrogens is 340 g/mol. The molecule has 1 aromatic carbocycles. The fraction of sp³-hybridized carbons (Fsp3) is 0.591. The third-order valence-electron chi connectivity index (χ3n) is 7.69. The highest BCUT2D eigenvalue weighted by Gasteiger charge is 2.60. The Hall–Kier alpha value is -1.39. The minimum atomic E-state index is 0.156. The quantitative estimate of drug-likeness (QED) is 0.878. The van der Waals surface area contributed by atoms with Crippen molar-refractivity contribution in [1.82, 2.24) is 10.2 Å². The van der Waals surface area contributed by atoms with Crippen LogP contribution >= 0.6 is 11.3 Å². The lowest BCUT2D eigenvalue weighted by Crippen LogP contribution is -2.65. The largest absolute Gasteiger partial charge is 0.346 e. The number of rotatable bonds is 3. The molecule has 2 aliphatic carbocycles. The van der Waals surface area contributed by atoms with Gasteiger partial charge in [0.15, 0.2) is 0 Å². The zero-order valence-corrected chi connectivity index (χ0v) is 16.2. The zero-order valence-electron chi connectivity index (χ0n) is 15.4. The van der Waals surface area contributed by atoms with E-state index in [4.69, 9.17) is 0 Å². The van der Waals surface area contributed by atoms with Crippen molar-refractivity contribution in [3.63, 3.8) is 0 Å². The first-order valence-electron chi connectivity index (χ1n) is 10.2. The van der Waals surface area contributed by atoms with Crippen LogP contribution in [0.15, 0.2) is 24.3 Å². The summed E-state index contributed by atoms with van der Waals surface area (Å²) in [5.74, 6) is 0.838. The molecule has 4 heteroatoms. The van der Waals surface area contributed by atoms with E-state index < -0.39 is 0 Å². The lowest BCUT2D eigenvalue weighted by Gasteiger charge is -2.52. The molecule has 2 bridgehead atoms. The molecule has 1 atom stereocenters. The Labute approximate surface area is 158 Å². The summed E-state index contributed by atoms with van der Waals surface area (Å²) < 4.78 is 1.33. The van der Waals surface area contributed by atoms with Crippen molar-refractivity contribution in [3.8, 4) is 0 Å². The molecule has 3 aliphatic heterocycles. The van der Waals surface area contributed by atoms with Crippen molar-refractivity contribution in [3.05, 3.63) is 34.7 Å². The Balaban J connectivity index is 1.31. The van der Waals surface area contributed by atoms with Crippen LogP contribution in [0.25, 0.3) is 10.1 Å². The summed E-state index contributed by atoms with van der Waals surface area (Å²) in [7, 11) is 0. The van der Waals surface area contributed by atoms with Gasteiger partial charge in [0, 0.05) is 10.2 Å². The van der Waals surface area contributed by atoms with E-state index in [1.54, 1.807) is 11.3 Å². The van der Waals surface area contributed by atoms with Crippen molar-refractivity contribution < 1.29 is 4.79 Å². The van der Waals surface area contributed by atoms with Crippen molar-refractivity contribution >= 4 is 27.3 Å². The number of amides is 1. The van der Waals surface area contributed by atoms with Gasteiger partial charge in [-0.25, -0.2) is 0 Å². The van der Waals surface area contributed by atoms with E-state index in [0.717, 1.165) is 4.88 Å². The molecule has 0 unspecified atom stereocenters. The van der Waals surface area contributed by atoms with Crippen LogP contribution in [0.4, 0.5) is 0 Å². The van der Waals surface area contributed by atoms with Crippen LogP contribution in [0.5, 0.6) is 0 Å². The maximum absolute atomic E-state index is 13.1. The van der Waals surface area contributed by atoms with E-state index in [2.05, 4.69) is 41.4 Å². The first-order chi connectivity index (χ1) is 12.6. The second-order valence-corrected chi connectivity index (χ2v) is 10.3. The molecule has 2 saturated carbocycles. The summed E-state index contributed by atoms with van der Waals surface area (Å²) in [6.45, 7) is 4.83. The first-order valence-corrected chi connectivity index (χ1v) is 11.0. The summed E-state index contributed by atoms with van der Waals surface area (Å²) in [5.41, 5.74) is 2.09. The van der Waals surface area contributed by atoms with E-state index in [1.165, 1.54) is 67.3 Å². The highest BCUT2D eigenvalue weighted by atomic mass is 32.1.